The predicted octanol–water partition coefficient (Wildman–Crippen LogP) is 3.25. The minimum absolute atomic E-state index is 0.307. The lowest BCUT2D eigenvalue weighted by molar-refractivity contribution is 0.506. The van der Waals surface area contributed by atoms with Gasteiger partial charge in [0.25, 0.3) is 0 Å². The number of hydrogen-bond acceptors (Lipinski definition) is 4. The van der Waals surface area contributed by atoms with Crippen LogP contribution < -0.4 is 5.32 Å². The van der Waals surface area contributed by atoms with Gasteiger partial charge >= 0.3 is 0 Å². The topological polar surface area (TPSA) is 61.9 Å². The third kappa shape index (κ3) is 2.19. The molecule has 0 saturated heterocycles. The van der Waals surface area contributed by atoms with E-state index in [2.05, 4.69) is 28.5 Å². The van der Waals surface area contributed by atoms with Gasteiger partial charge in [-0.25, -0.2) is 4.98 Å². The molecule has 1 fully saturated rings. The van der Waals surface area contributed by atoms with E-state index < -0.39 is 0 Å². The number of oxazole rings is 1. The van der Waals surface area contributed by atoms with Gasteiger partial charge in [-0.3, -0.25) is 0 Å². The fraction of sp³-hybridized carbons (Fsp3) is 0.333. The molecule has 0 aliphatic heterocycles. The van der Waals surface area contributed by atoms with E-state index in [1.54, 1.807) is 0 Å². The van der Waals surface area contributed by atoms with E-state index in [4.69, 9.17) is 9.68 Å². The Morgan fingerprint density at radius 3 is 2.84 bits per heavy atom. The number of rotatable bonds is 4. The van der Waals surface area contributed by atoms with Crippen molar-refractivity contribution in [1.29, 1.82) is 5.26 Å². The molecule has 0 bridgehead atoms. The molecule has 1 aliphatic carbocycles. The van der Waals surface area contributed by atoms with Gasteiger partial charge in [-0.05, 0) is 24.8 Å². The van der Waals surface area contributed by atoms with Crippen molar-refractivity contribution >= 4 is 5.88 Å². The van der Waals surface area contributed by atoms with Crippen molar-refractivity contribution in [3.63, 3.8) is 0 Å². The highest BCUT2D eigenvalue weighted by Gasteiger charge is 2.43. The quantitative estimate of drug-likeness (QED) is 0.908. The lowest BCUT2D eigenvalue weighted by Gasteiger charge is -1.97. The maximum absolute atomic E-state index is 9.03. The van der Waals surface area contributed by atoms with E-state index in [9.17, 15) is 0 Å². The Morgan fingerprint density at radius 2 is 2.16 bits per heavy atom. The largest absolute Gasteiger partial charge is 0.424 e. The lowest BCUT2D eigenvalue weighted by atomic mass is 10.1. The van der Waals surface area contributed by atoms with Crippen molar-refractivity contribution in [3.05, 3.63) is 47.5 Å². The number of nitrogens with zero attached hydrogens (tertiary/aromatic N) is 2. The van der Waals surface area contributed by atoms with E-state index in [-0.39, 0.29) is 0 Å². The third-order valence-corrected chi connectivity index (χ3v) is 3.42. The molecule has 0 spiro atoms. The molecular weight excluding hydrogens is 238 g/mol. The zero-order valence-electron chi connectivity index (χ0n) is 10.8. The smallest absolute Gasteiger partial charge is 0.232 e. The summed E-state index contributed by atoms with van der Waals surface area (Å²) in [6.45, 7) is 2.68. The number of benzene rings is 1. The molecule has 0 radical (unpaired) electrons. The molecule has 4 heteroatoms. The summed E-state index contributed by atoms with van der Waals surface area (Å²) < 4.78 is 5.68. The average molecular weight is 253 g/mol. The molecule has 0 unspecified atom stereocenters. The van der Waals surface area contributed by atoms with E-state index in [0.29, 0.717) is 29.3 Å². The Morgan fingerprint density at radius 1 is 1.37 bits per heavy atom. The maximum Gasteiger partial charge on any atom is 0.232 e. The van der Waals surface area contributed by atoms with Gasteiger partial charge in [-0.2, -0.15) is 5.26 Å². The molecule has 1 aromatic carbocycles. The molecule has 1 N–H and O–H groups in total. The summed E-state index contributed by atoms with van der Waals surface area (Å²) in [6.07, 6.45) is 1.04. The van der Waals surface area contributed by atoms with Crippen LogP contribution in [-0.4, -0.2) is 11.5 Å². The molecule has 1 saturated carbocycles. The fourth-order valence-electron chi connectivity index (χ4n) is 2.39. The Hall–Kier alpha value is -2.28. The Kier molecular flexibility index (Phi) is 2.96. The van der Waals surface area contributed by atoms with Crippen LogP contribution in [0, 0.1) is 11.3 Å². The molecular formula is C15H15N3O. The van der Waals surface area contributed by atoms with Crippen LogP contribution in [0.2, 0.25) is 0 Å². The van der Waals surface area contributed by atoms with Gasteiger partial charge in [0, 0.05) is 12.5 Å². The minimum atomic E-state index is 0.307. The first-order valence-electron chi connectivity index (χ1n) is 6.53. The van der Waals surface area contributed by atoms with Gasteiger partial charge in [0.2, 0.25) is 17.5 Å². The van der Waals surface area contributed by atoms with E-state index in [1.807, 2.05) is 25.1 Å². The monoisotopic (exact) mass is 253 g/mol. The van der Waals surface area contributed by atoms with Crippen molar-refractivity contribution in [2.75, 3.05) is 11.9 Å². The molecule has 0 amide bonds. The van der Waals surface area contributed by atoms with Crippen LogP contribution in [0.1, 0.15) is 42.3 Å². The average Bonchev–Trinajstić information content (AvgIpc) is 3.15. The summed E-state index contributed by atoms with van der Waals surface area (Å²) >= 11 is 0. The third-order valence-electron chi connectivity index (χ3n) is 3.42. The highest BCUT2D eigenvalue weighted by atomic mass is 16.4. The van der Waals surface area contributed by atoms with Crippen molar-refractivity contribution in [1.82, 2.24) is 4.98 Å². The van der Waals surface area contributed by atoms with Gasteiger partial charge < -0.3 is 9.73 Å². The predicted molar refractivity (Wildman–Crippen MR) is 71.9 cm³/mol. The standard InChI is InChI=1S/C15H15N3O/c1-2-17-15-13(9-16)18-14(19-15)12-8-11(12)10-6-4-3-5-7-10/h3-7,11-12,17H,2,8H2,1H3/t11-,12+/m1/s1. The first-order chi connectivity index (χ1) is 9.33. The van der Waals surface area contributed by atoms with Crippen molar-refractivity contribution < 1.29 is 4.42 Å². The first-order valence-corrected chi connectivity index (χ1v) is 6.53. The van der Waals surface area contributed by atoms with Crippen LogP contribution >= 0.6 is 0 Å². The van der Waals surface area contributed by atoms with Crippen LogP contribution in [0.5, 0.6) is 0 Å². The molecule has 1 aliphatic rings. The summed E-state index contributed by atoms with van der Waals surface area (Å²) in [5.41, 5.74) is 1.67. The van der Waals surface area contributed by atoms with E-state index in [1.165, 1.54) is 5.56 Å². The van der Waals surface area contributed by atoms with Gasteiger partial charge in [0.15, 0.2) is 0 Å². The molecule has 1 heterocycles. The fourth-order valence-corrected chi connectivity index (χ4v) is 2.39. The Labute approximate surface area is 112 Å². The van der Waals surface area contributed by atoms with Gasteiger partial charge in [0.05, 0.1) is 0 Å². The minimum Gasteiger partial charge on any atom is -0.424 e. The first kappa shape index (κ1) is 11.8. The normalized spacial score (nSPS) is 20.8. The molecule has 1 aromatic heterocycles. The number of anilines is 1. The molecule has 2 aromatic rings. The summed E-state index contributed by atoms with van der Waals surface area (Å²) in [5.74, 6) is 1.96. The summed E-state index contributed by atoms with van der Waals surface area (Å²) in [6, 6.07) is 12.4. The van der Waals surface area contributed by atoms with Gasteiger partial charge in [0.1, 0.15) is 6.07 Å². The summed E-state index contributed by atoms with van der Waals surface area (Å²) in [5, 5.41) is 12.1. The van der Waals surface area contributed by atoms with Crippen LogP contribution in [0.25, 0.3) is 0 Å². The number of nitrogens with one attached hydrogen (secondary N) is 1. The summed E-state index contributed by atoms with van der Waals surface area (Å²) in [7, 11) is 0. The zero-order valence-corrected chi connectivity index (χ0v) is 10.8. The van der Waals surface area contributed by atoms with E-state index >= 15 is 0 Å². The SMILES string of the molecule is CCNc1oc([C@H]2C[C@@H]2c2ccccc2)nc1C#N. The second-order valence-corrected chi connectivity index (χ2v) is 4.73. The molecule has 2 atom stereocenters. The van der Waals surface area contributed by atoms with Crippen LogP contribution in [0.3, 0.4) is 0 Å². The molecule has 96 valence electrons. The zero-order chi connectivity index (χ0) is 13.2. The number of aromatic nitrogens is 1. The summed E-state index contributed by atoms with van der Waals surface area (Å²) in [4.78, 5) is 4.29. The second-order valence-electron chi connectivity index (χ2n) is 4.73. The Bertz CT molecular complexity index is 612. The van der Waals surface area contributed by atoms with Crippen molar-refractivity contribution in [2.24, 2.45) is 0 Å². The Balaban J connectivity index is 1.80. The highest BCUT2D eigenvalue weighted by molar-refractivity contribution is 5.46. The van der Waals surface area contributed by atoms with E-state index in [0.717, 1.165) is 13.0 Å². The molecule has 19 heavy (non-hydrogen) atoms. The highest BCUT2D eigenvalue weighted by Crippen LogP contribution is 2.54. The van der Waals surface area contributed by atoms with Crippen molar-refractivity contribution in [3.8, 4) is 6.07 Å². The van der Waals surface area contributed by atoms with Crippen LogP contribution in [0.15, 0.2) is 34.7 Å². The number of hydrogen-bond donors (Lipinski definition) is 1. The molecule has 4 nitrogen and oxygen atoms in total. The van der Waals surface area contributed by atoms with Gasteiger partial charge in [-0.1, -0.05) is 30.3 Å². The second kappa shape index (κ2) is 4.77. The van der Waals surface area contributed by atoms with Crippen molar-refractivity contribution in [2.45, 2.75) is 25.2 Å². The maximum atomic E-state index is 9.03. The van der Waals surface area contributed by atoms with Crippen LogP contribution in [-0.2, 0) is 0 Å². The molecule has 3 rings (SSSR count). The van der Waals surface area contributed by atoms with Gasteiger partial charge in [-0.15, -0.1) is 0 Å². The lowest BCUT2D eigenvalue weighted by Crippen LogP contribution is -1.96. The number of nitriles is 1. The van der Waals surface area contributed by atoms with Crippen LogP contribution in [0.4, 0.5) is 5.88 Å².